The Labute approximate surface area is 114 Å². The van der Waals surface area contributed by atoms with Crippen LogP contribution in [0.4, 0.5) is 5.69 Å². The molecule has 104 valence electrons. The van der Waals surface area contributed by atoms with E-state index in [4.69, 9.17) is 5.11 Å². The molecule has 1 aliphatic heterocycles. The highest BCUT2D eigenvalue weighted by Gasteiger charge is 2.27. The summed E-state index contributed by atoms with van der Waals surface area (Å²) >= 11 is 0. The number of likely N-dealkylation sites (tertiary alicyclic amines) is 1. The molecule has 0 bridgehead atoms. The van der Waals surface area contributed by atoms with Gasteiger partial charge in [-0.15, -0.1) is 0 Å². The van der Waals surface area contributed by atoms with Gasteiger partial charge in [0.1, 0.15) is 0 Å². The Morgan fingerprint density at radius 1 is 1.53 bits per heavy atom. The molecule has 1 fully saturated rings. The van der Waals surface area contributed by atoms with Gasteiger partial charge in [0.25, 0.3) is 5.91 Å². The van der Waals surface area contributed by atoms with Gasteiger partial charge >= 0.3 is 0 Å². The smallest absolute Gasteiger partial charge is 0.255 e. The van der Waals surface area contributed by atoms with Crippen LogP contribution < -0.4 is 5.32 Å². The van der Waals surface area contributed by atoms with E-state index >= 15 is 0 Å². The van der Waals surface area contributed by atoms with Crippen LogP contribution in [-0.4, -0.2) is 42.7 Å². The molecule has 0 aliphatic carbocycles. The molecule has 19 heavy (non-hydrogen) atoms. The van der Waals surface area contributed by atoms with Crippen LogP contribution in [0, 0.1) is 12.8 Å². The quantitative estimate of drug-likeness (QED) is 0.871. The second-order valence-corrected chi connectivity index (χ2v) is 5.22. The summed E-state index contributed by atoms with van der Waals surface area (Å²) in [4.78, 5) is 14.5. The number of carbonyl (C=O) groups excluding carboxylic acids is 1. The molecule has 1 atom stereocenters. The van der Waals surface area contributed by atoms with Crippen molar-refractivity contribution in [3.63, 3.8) is 0 Å². The molecule has 4 nitrogen and oxygen atoms in total. The van der Waals surface area contributed by atoms with Crippen molar-refractivity contribution in [2.75, 3.05) is 32.1 Å². The van der Waals surface area contributed by atoms with E-state index in [1.165, 1.54) is 0 Å². The van der Waals surface area contributed by atoms with E-state index in [1.807, 2.05) is 37.1 Å². The first-order valence-electron chi connectivity index (χ1n) is 6.84. The van der Waals surface area contributed by atoms with E-state index in [0.717, 1.165) is 42.7 Å². The molecule has 1 unspecified atom stereocenters. The van der Waals surface area contributed by atoms with Gasteiger partial charge in [-0.25, -0.2) is 0 Å². The maximum atomic E-state index is 12.6. The summed E-state index contributed by atoms with van der Waals surface area (Å²) in [5.41, 5.74) is 2.71. The summed E-state index contributed by atoms with van der Waals surface area (Å²) in [5, 5.41) is 12.0. The van der Waals surface area contributed by atoms with Crippen LogP contribution in [0.1, 0.15) is 28.8 Å². The highest BCUT2D eigenvalue weighted by Crippen LogP contribution is 2.24. The van der Waals surface area contributed by atoms with Gasteiger partial charge in [0.2, 0.25) is 0 Å². The number of hydrogen-bond donors (Lipinski definition) is 2. The lowest BCUT2D eigenvalue weighted by molar-refractivity contribution is 0.0785. The number of aliphatic hydroxyl groups is 1. The molecule has 0 saturated carbocycles. The first-order valence-corrected chi connectivity index (χ1v) is 6.84. The van der Waals surface area contributed by atoms with Gasteiger partial charge in [0.15, 0.2) is 0 Å². The van der Waals surface area contributed by atoms with Gasteiger partial charge in [-0.2, -0.15) is 0 Å². The van der Waals surface area contributed by atoms with Crippen molar-refractivity contribution in [1.82, 2.24) is 4.90 Å². The number of nitrogens with one attached hydrogen (secondary N) is 1. The molecule has 0 radical (unpaired) electrons. The first kappa shape index (κ1) is 13.9. The Balaban J connectivity index is 2.14. The number of hydrogen-bond acceptors (Lipinski definition) is 3. The zero-order valence-corrected chi connectivity index (χ0v) is 11.6. The third kappa shape index (κ3) is 3.07. The largest absolute Gasteiger partial charge is 0.396 e. The zero-order chi connectivity index (χ0) is 13.8. The summed E-state index contributed by atoms with van der Waals surface area (Å²) in [6.45, 7) is 3.75. The lowest BCUT2D eigenvalue weighted by Crippen LogP contribution is -2.29. The van der Waals surface area contributed by atoms with Crippen molar-refractivity contribution in [2.45, 2.75) is 19.8 Å². The van der Waals surface area contributed by atoms with E-state index in [2.05, 4.69) is 5.32 Å². The molecule has 1 aliphatic rings. The number of nitrogens with zero attached hydrogens (tertiary/aromatic N) is 1. The third-order valence-electron chi connectivity index (χ3n) is 3.79. The Bertz CT molecular complexity index is 459. The Kier molecular flexibility index (Phi) is 4.43. The van der Waals surface area contributed by atoms with E-state index < -0.39 is 0 Å². The van der Waals surface area contributed by atoms with Crippen molar-refractivity contribution in [3.05, 3.63) is 29.3 Å². The van der Waals surface area contributed by atoms with Gasteiger partial charge in [0.05, 0.1) is 5.56 Å². The number of amides is 1. The first-order chi connectivity index (χ1) is 9.15. The molecule has 1 aromatic carbocycles. The van der Waals surface area contributed by atoms with E-state index in [-0.39, 0.29) is 12.5 Å². The zero-order valence-electron chi connectivity index (χ0n) is 11.6. The monoisotopic (exact) mass is 262 g/mol. The summed E-state index contributed by atoms with van der Waals surface area (Å²) in [6, 6.07) is 5.89. The average molecular weight is 262 g/mol. The number of rotatable bonds is 4. The molecule has 1 amide bonds. The minimum Gasteiger partial charge on any atom is -0.396 e. The Morgan fingerprint density at radius 2 is 2.32 bits per heavy atom. The van der Waals surface area contributed by atoms with Crippen molar-refractivity contribution in [3.8, 4) is 0 Å². The maximum absolute atomic E-state index is 12.6. The van der Waals surface area contributed by atoms with Gasteiger partial charge in [0, 0.05) is 32.4 Å². The fourth-order valence-electron chi connectivity index (χ4n) is 2.66. The highest BCUT2D eigenvalue weighted by molar-refractivity contribution is 6.00. The molecular weight excluding hydrogens is 240 g/mol. The van der Waals surface area contributed by atoms with E-state index in [9.17, 15) is 4.79 Å². The number of aliphatic hydroxyl groups excluding tert-OH is 1. The number of anilines is 1. The van der Waals surface area contributed by atoms with Crippen LogP contribution in [0.2, 0.25) is 0 Å². The Hall–Kier alpha value is -1.55. The molecule has 2 rings (SSSR count). The fraction of sp³-hybridized carbons (Fsp3) is 0.533. The summed E-state index contributed by atoms with van der Waals surface area (Å²) in [7, 11) is 1.83. The molecule has 1 saturated heterocycles. The van der Waals surface area contributed by atoms with Crippen LogP contribution in [0.3, 0.4) is 0 Å². The topological polar surface area (TPSA) is 52.6 Å². The van der Waals surface area contributed by atoms with Gasteiger partial charge in [-0.3, -0.25) is 4.79 Å². The lowest BCUT2D eigenvalue weighted by Gasteiger charge is -2.19. The van der Waals surface area contributed by atoms with E-state index in [1.54, 1.807) is 0 Å². The molecule has 2 N–H and O–H groups in total. The molecule has 1 aromatic rings. The lowest BCUT2D eigenvalue weighted by atomic mass is 10.1. The number of benzene rings is 1. The minimum atomic E-state index is 0.0912. The normalized spacial score (nSPS) is 18.7. The number of carbonyl (C=O) groups is 1. The van der Waals surface area contributed by atoms with Crippen molar-refractivity contribution < 1.29 is 9.90 Å². The average Bonchev–Trinajstić information content (AvgIpc) is 2.87. The highest BCUT2D eigenvalue weighted by atomic mass is 16.3. The summed E-state index contributed by atoms with van der Waals surface area (Å²) in [6.07, 6.45) is 1.78. The molecule has 0 spiro atoms. The predicted molar refractivity (Wildman–Crippen MR) is 76.4 cm³/mol. The predicted octanol–water partition coefficient (Wildman–Crippen LogP) is 1.88. The summed E-state index contributed by atoms with van der Waals surface area (Å²) < 4.78 is 0. The Morgan fingerprint density at radius 3 is 3.00 bits per heavy atom. The van der Waals surface area contributed by atoms with Crippen LogP contribution in [0.15, 0.2) is 18.2 Å². The maximum Gasteiger partial charge on any atom is 0.255 e. The van der Waals surface area contributed by atoms with Crippen molar-refractivity contribution in [2.24, 2.45) is 5.92 Å². The summed E-state index contributed by atoms with van der Waals surface area (Å²) in [5.74, 6) is 0.533. The second-order valence-electron chi connectivity index (χ2n) is 5.22. The third-order valence-corrected chi connectivity index (χ3v) is 3.79. The van der Waals surface area contributed by atoms with Gasteiger partial charge in [-0.1, -0.05) is 11.6 Å². The second kappa shape index (κ2) is 6.06. The number of aryl methyl sites for hydroxylation is 1. The van der Waals surface area contributed by atoms with Crippen molar-refractivity contribution >= 4 is 11.6 Å². The standard InChI is InChI=1S/C15H22N2O2/c1-11-3-4-14(16-2)13(9-11)15(19)17-7-5-12(10-17)6-8-18/h3-4,9,12,16,18H,5-8,10H2,1-2H3. The minimum absolute atomic E-state index is 0.0912. The van der Waals surface area contributed by atoms with Gasteiger partial charge in [-0.05, 0) is 37.8 Å². The molecular formula is C15H22N2O2. The van der Waals surface area contributed by atoms with Crippen LogP contribution >= 0.6 is 0 Å². The van der Waals surface area contributed by atoms with Crippen LogP contribution in [0.5, 0.6) is 0 Å². The fourth-order valence-corrected chi connectivity index (χ4v) is 2.66. The molecule has 1 heterocycles. The molecule has 4 heteroatoms. The van der Waals surface area contributed by atoms with Crippen LogP contribution in [-0.2, 0) is 0 Å². The SMILES string of the molecule is CNc1ccc(C)cc1C(=O)N1CCC(CCO)C1. The van der Waals surface area contributed by atoms with Gasteiger partial charge < -0.3 is 15.3 Å². The van der Waals surface area contributed by atoms with Crippen LogP contribution in [0.25, 0.3) is 0 Å². The van der Waals surface area contributed by atoms with Crippen molar-refractivity contribution in [1.29, 1.82) is 0 Å². The molecule has 0 aromatic heterocycles. The van der Waals surface area contributed by atoms with E-state index in [0.29, 0.717) is 5.92 Å².